The zero-order chi connectivity index (χ0) is 23.0. The van der Waals surface area contributed by atoms with Crippen LogP contribution >= 0.6 is 0 Å². The highest BCUT2D eigenvalue weighted by atomic mass is 16.2. The van der Waals surface area contributed by atoms with E-state index in [0.29, 0.717) is 5.69 Å². The number of anilines is 1. The van der Waals surface area contributed by atoms with Crippen molar-refractivity contribution in [3.8, 4) is 0 Å². The van der Waals surface area contributed by atoms with E-state index in [2.05, 4.69) is 36.4 Å². The largest absolute Gasteiger partial charge is 0.274 e. The number of imide groups is 1. The Labute approximate surface area is 198 Å². The molecule has 8 rings (SSSR count). The van der Waals surface area contributed by atoms with Gasteiger partial charge in [0.25, 0.3) is 0 Å². The lowest BCUT2D eigenvalue weighted by Crippen LogP contribution is -2.54. The van der Waals surface area contributed by atoms with E-state index >= 15 is 0 Å². The average Bonchev–Trinajstić information content (AvgIpc) is 3.13. The number of hydrogen-bond acceptors (Lipinski definition) is 2. The quantitative estimate of drug-likeness (QED) is 0.374. The summed E-state index contributed by atoms with van der Waals surface area (Å²) in [6, 6.07) is 34.5. The van der Waals surface area contributed by atoms with Crippen molar-refractivity contribution in [2.45, 2.75) is 24.2 Å². The summed E-state index contributed by atoms with van der Waals surface area (Å²) in [5.41, 5.74) is 6.37. The van der Waals surface area contributed by atoms with E-state index in [4.69, 9.17) is 0 Å². The van der Waals surface area contributed by atoms with Crippen LogP contribution in [-0.4, -0.2) is 11.8 Å². The highest BCUT2D eigenvalue weighted by molar-refractivity contribution is 6.27. The first-order valence-electron chi connectivity index (χ1n) is 11.8. The molecule has 3 heteroatoms. The van der Waals surface area contributed by atoms with Crippen LogP contribution in [0, 0.1) is 12.8 Å². The van der Waals surface area contributed by atoms with Crippen molar-refractivity contribution < 1.29 is 9.59 Å². The third-order valence-corrected chi connectivity index (χ3v) is 8.15. The second-order valence-corrected chi connectivity index (χ2v) is 9.70. The van der Waals surface area contributed by atoms with Crippen LogP contribution in [0.4, 0.5) is 5.69 Å². The molecule has 34 heavy (non-hydrogen) atoms. The molecule has 164 valence electrons. The minimum absolute atomic E-state index is 0.100. The summed E-state index contributed by atoms with van der Waals surface area (Å²) in [6.07, 6.45) is 0. The van der Waals surface area contributed by atoms with E-state index in [1.807, 2.05) is 73.7 Å². The minimum atomic E-state index is -0.976. The zero-order valence-electron chi connectivity index (χ0n) is 18.8. The van der Waals surface area contributed by atoms with Crippen molar-refractivity contribution in [3.05, 3.63) is 137 Å². The molecule has 0 unspecified atom stereocenters. The SMILES string of the molecule is Cc1ccc(N2C(=O)[C@@H]3C4c5ccccc5C(c5ccccc54)[C@]3(c3ccccc3)C2=O)cc1. The van der Waals surface area contributed by atoms with Crippen LogP contribution in [0.25, 0.3) is 0 Å². The van der Waals surface area contributed by atoms with Crippen LogP contribution in [0.2, 0.25) is 0 Å². The predicted octanol–water partition coefficient (Wildman–Crippen LogP) is 5.71. The highest BCUT2D eigenvalue weighted by Gasteiger charge is 2.71. The molecule has 2 amide bonds. The van der Waals surface area contributed by atoms with E-state index < -0.39 is 11.3 Å². The molecule has 1 heterocycles. The molecule has 0 spiro atoms. The number of carbonyl (C=O) groups excluding carboxylic acids is 2. The van der Waals surface area contributed by atoms with E-state index in [9.17, 15) is 9.59 Å². The molecule has 4 aromatic carbocycles. The van der Waals surface area contributed by atoms with Crippen LogP contribution in [-0.2, 0) is 15.0 Å². The summed E-state index contributed by atoms with van der Waals surface area (Å²) in [4.78, 5) is 30.5. The fraction of sp³-hybridized carbons (Fsp3) is 0.161. The van der Waals surface area contributed by atoms with Crippen molar-refractivity contribution in [2.75, 3.05) is 4.90 Å². The standard InChI is InChI=1S/C31H23NO2/c1-19-15-17-21(18-16-19)32-29(33)28-26-22-11-5-7-13-24(22)27(25-14-8-6-12-23(25)26)31(28,30(32)34)20-9-3-2-4-10-20/h2-18,26-28H,1H3/t26?,27?,28-,31-/m0/s1. The molecular formula is C31H23NO2. The summed E-state index contributed by atoms with van der Waals surface area (Å²) >= 11 is 0. The molecule has 0 saturated carbocycles. The van der Waals surface area contributed by atoms with Gasteiger partial charge in [0.15, 0.2) is 0 Å². The highest BCUT2D eigenvalue weighted by Crippen LogP contribution is 2.67. The number of nitrogens with zero attached hydrogens (tertiary/aromatic N) is 1. The van der Waals surface area contributed by atoms with Crippen LogP contribution in [0.1, 0.15) is 45.2 Å². The summed E-state index contributed by atoms with van der Waals surface area (Å²) in [5.74, 6) is -1.08. The fourth-order valence-corrected chi connectivity index (χ4v) is 6.88. The Kier molecular flexibility index (Phi) is 3.88. The molecule has 1 fully saturated rings. The summed E-state index contributed by atoms with van der Waals surface area (Å²) < 4.78 is 0. The monoisotopic (exact) mass is 441 g/mol. The van der Waals surface area contributed by atoms with Crippen LogP contribution in [0.15, 0.2) is 103 Å². The van der Waals surface area contributed by atoms with Crippen LogP contribution in [0.5, 0.6) is 0 Å². The van der Waals surface area contributed by atoms with Crippen molar-refractivity contribution in [1.29, 1.82) is 0 Å². The van der Waals surface area contributed by atoms with Crippen LogP contribution in [0.3, 0.4) is 0 Å². The maximum atomic E-state index is 14.7. The van der Waals surface area contributed by atoms with Crippen molar-refractivity contribution in [2.24, 2.45) is 5.92 Å². The van der Waals surface area contributed by atoms with Gasteiger partial charge in [-0.25, -0.2) is 4.90 Å². The fourth-order valence-electron chi connectivity index (χ4n) is 6.88. The van der Waals surface area contributed by atoms with E-state index in [-0.39, 0.29) is 23.7 Å². The van der Waals surface area contributed by atoms with E-state index in [0.717, 1.165) is 11.1 Å². The second-order valence-electron chi connectivity index (χ2n) is 9.70. The summed E-state index contributed by atoms with van der Waals surface area (Å²) in [7, 11) is 0. The van der Waals surface area contributed by atoms with Crippen LogP contribution < -0.4 is 4.90 Å². The third-order valence-electron chi connectivity index (χ3n) is 8.15. The molecule has 2 atom stereocenters. The maximum absolute atomic E-state index is 14.7. The Morgan fingerprint density at radius 2 is 1.18 bits per heavy atom. The molecule has 2 bridgehead atoms. The van der Waals surface area contributed by atoms with Gasteiger partial charge in [0, 0.05) is 11.8 Å². The molecule has 3 aliphatic carbocycles. The Hall–Kier alpha value is -3.98. The van der Waals surface area contributed by atoms with Gasteiger partial charge in [0.05, 0.1) is 17.0 Å². The molecule has 1 aliphatic heterocycles. The lowest BCUT2D eigenvalue weighted by molar-refractivity contribution is -0.124. The Balaban J connectivity index is 1.58. The number of hydrogen-bond donors (Lipinski definition) is 0. The number of aryl methyl sites for hydroxylation is 1. The third kappa shape index (κ3) is 2.22. The smallest absolute Gasteiger partial charge is 0.246 e. The molecule has 1 saturated heterocycles. The molecule has 0 radical (unpaired) electrons. The van der Waals surface area contributed by atoms with Crippen molar-refractivity contribution >= 4 is 17.5 Å². The Morgan fingerprint density at radius 3 is 1.76 bits per heavy atom. The topological polar surface area (TPSA) is 37.4 Å². The van der Waals surface area contributed by atoms with E-state index in [1.165, 1.54) is 27.2 Å². The first-order chi connectivity index (χ1) is 16.6. The number of benzene rings is 4. The van der Waals surface area contributed by atoms with Gasteiger partial charge < -0.3 is 0 Å². The second kappa shape index (κ2) is 6.77. The Morgan fingerprint density at radius 1 is 0.647 bits per heavy atom. The molecule has 0 N–H and O–H groups in total. The van der Waals surface area contributed by atoms with Gasteiger partial charge in [-0.05, 0) is 46.9 Å². The minimum Gasteiger partial charge on any atom is -0.274 e. The molecule has 0 aromatic heterocycles. The molecule has 3 nitrogen and oxygen atoms in total. The molecular weight excluding hydrogens is 418 g/mol. The normalized spacial score (nSPS) is 26.3. The summed E-state index contributed by atoms with van der Waals surface area (Å²) in [6.45, 7) is 2.01. The van der Waals surface area contributed by atoms with Gasteiger partial charge in [0.1, 0.15) is 0 Å². The van der Waals surface area contributed by atoms with Gasteiger partial charge in [0.2, 0.25) is 11.8 Å². The summed E-state index contributed by atoms with van der Waals surface area (Å²) in [5, 5.41) is 0. The number of amides is 2. The van der Waals surface area contributed by atoms with Crippen molar-refractivity contribution in [3.63, 3.8) is 0 Å². The van der Waals surface area contributed by atoms with Gasteiger partial charge in [-0.2, -0.15) is 0 Å². The van der Waals surface area contributed by atoms with Crippen molar-refractivity contribution in [1.82, 2.24) is 0 Å². The Bertz CT molecular complexity index is 1430. The molecule has 4 aliphatic rings. The average molecular weight is 442 g/mol. The number of carbonyl (C=O) groups is 2. The first-order valence-corrected chi connectivity index (χ1v) is 11.8. The van der Waals surface area contributed by atoms with Gasteiger partial charge in [-0.1, -0.05) is 96.6 Å². The van der Waals surface area contributed by atoms with Gasteiger partial charge in [-0.15, -0.1) is 0 Å². The lowest BCUT2D eigenvalue weighted by atomic mass is 9.46. The zero-order valence-corrected chi connectivity index (χ0v) is 18.8. The lowest BCUT2D eigenvalue weighted by Gasteiger charge is -2.53. The number of rotatable bonds is 2. The maximum Gasteiger partial charge on any atom is 0.246 e. The van der Waals surface area contributed by atoms with Gasteiger partial charge in [-0.3, -0.25) is 9.59 Å². The van der Waals surface area contributed by atoms with E-state index in [1.54, 1.807) is 0 Å². The predicted molar refractivity (Wildman–Crippen MR) is 132 cm³/mol. The first kappa shape index (κ1) is 19.5. The molecule has 4 aromatic rings. The van der Waals surface area contributed by atoms with Gasteiger partial charge >= 0.3 is 0 Å².